The summed E-state index contributed by atoms with van der Waals surface area (Å²) in [6.45, 7) is 7.81. The third kappa shape index (κ3) is 6.92. The number of rotatable bonds is 10. The molecular formula is C36H43N9O2S2. The van der Waals surface area contributed by atoms with E-state index in [-0.39, 0.29) is 36.2 Å². The van der Waals surface area contributed by atoms with Crippen molar-refractivity contribution in [1.29, 1.82) is 10.5 Å². The molecule has 2 aliphatic rings. The molecule has 2 saturated carbocycles. The van der Waals surface area contributed by atoms with E-state index in [0.717, 1.165) is 78.8 Å². The molecule has 2 fully saturated rings. The van der Waals surface area contributed by atoms with E-state index in [1.54, 1.807) is 4.57 Å². The molecule has 0 spiro atoms. The lowest BCUT2D eigenvalue weighted by molar-refractivity contribution is -0.117. The lowest BCUT2D eigenvalue weighted by Crippen LogP contribution is -2.24. The van der Waals surface area contributed by atoms with Gasteiger partial charge in [0.25, 0.3) is 0 Å². The first-order valence-electron chi connectivity index (χ1n) is 17.2. The summed E-state index contributed by atoms with van der Waals surface area (Å²) in [6.07, 6.45) is 11.0. The number of nitriles is 2. The first-order chi connectivity index (χ1) is 23.7. The standard InChI is InChI=1S/C36H43N9O2S2/c1-22-24(3)44(26-12-7-5-8-13-26)33(28(22)18-37)39-31(46)20-43-35(30-16-11-17-48-30)41-42-36(43)49-21-32(47)40-34-29(19-38)23(2)25(4)45(34)27-14-9-6-10-15-27/h11,16-17,26-27H,5-10,12-15,20-21H2,1-4H3,(H,39,46)(H,40,47). The lowest BCUT2D eigenvalue weighted by Gasteiger charge is -2.27. The molecule has 0 saturated heterocycles. The molecule has 2 N–H and O–H groups in total. The average Bonchev–Trinajstić information content (AvgIpc) is 3.87. The summed E-state index contributed by atoms with van der Waals surface area (Å²) in [5.41, 5.74) is 4.78. The number of aromatic nitrogens is 5. The molecule has 13 heteroatoms. The summed E-state index contributed by atoms with van der Waals surface area (Å²) in [4.78, 5) is 28.2. The van der Waals surface area contributed by atoms with E-state index in [0.29, 0.717) is 33.7 Å². The zero-order valence-electron chi connectivity index (χ0n) is 28.6. The first-order valence-corrected chi connectivity index (χ1v) is 19.0. The van der Waals surface area contributed by atoms with Gasteiger partial charge in [-0.15, -0.1) is 21.5 Å². The molecule has 0 bridgehead atoms. The summed E-state index contributed by atoms with van der Waals surface area (Å²) in [5, 5.41) is 37.5. The Labute approximate surface area is 295 Å². The Bertz CT molecular complexity index is 1920. The van der Waals surface area contributed by atoms with E-state index in [9.17, 15) is 20.1 Å². The molecule has 4 aromatic heterocycles. The van der Waals surface area contributed by atoms with Gasteiger partial charge in [0.15, 0.2) is 11.0 Å². The zero-order chi connectivity index (χ0) is 34.7. The summed E-state index contributed by atoms with van der Waals surface area (Å²) in [5.74, 6) is 1.11. The number of hydrogen-bond acceptors (Lipinski definition) is 8. The number of thiophene rings is 1. The van der Waals surface area contributed by atoms with Crippen LogP contribution < -0.4 is 10.6 Å². The number of nitrogens with zero attached hydrogens (tertiary/aromatic N) is 7. The van der Waals surface area contributed by atoms with Crippen LogP contribution in [0.1, 0.15) is 110 Å². The molecule has 0 aliphatic heterocycles. The van der Waals surface area contributed by atoms with Gasteiger partial charge in [-0.3, -0.25) is 14.2 Å². The van der Waals surface area contributed by atoms with Gasteiger partial charge in [-0.1, -0.05) is 56.4 Å². The predicted molar refractivity (Wildman–Crippen MR) is 193 cm³/mol. The van der Waals surface area contributed by atoms with Gasteiger partial charge < -0.3 is 19.8 Å². The Balaban J connectivity index is 1.23. The Morgan fingerprint density at radius 1 is 0.837 bits per heavy atom. The van der Waals surface area contributed by atoms with Crippen molar-refractivity contribution in [2.45, 2.75) is 116 Å². The van der Waals surface area contributed by atoms with Gasteiger partial charge in [0, 0.05) is 23.5 Å². The van der Waals surface area contributed by atoms with E-state index in [1.807, 2.05) is 45.2 Å². The largest absolute Gasteiger partial charge is 0.327 e. The van der Waals surface area contributed by atoms with E-state index < -0.39 is 0 Å². The van der Waals surface area contributed by atoms with E-state index in [1.165, 1.54) is 35.9 Å². The molecule has 0 atom stereocenters. The summed E-state index contributed by atoms with van der Waals surface area (Å²) < 4.78 is 6.04. The van der Waals surface area contributed by atoms with E-state index in [4.69, 9.17) is 0 Å². The fraction of sp³-hybridized carbons (Fsp3) is 0.500. The molecule has 4 heterocycles. The second-order valence-electron chi connectivity index (χ2n) is 13.2. The maximum Gasteiger partial charge on any atom is 0.245 e. The maximum atomic E-state index is 13.8. The highest BCUT2D eigenvalue weighted by atomic mass is 32.2. The maximum absolute atomic E-state index is 13.8. The Morgan fingerprint density at radius 2 is 1.37 bits per heavy atom. The number of carbonyl (C=O) groups excluding carboxylic acids is 2. The van der Waals surface area contributed by atoms with E-state index in [2.05, 4.69) is 42.1 Å². The van der Waals surface area contributed by atoms with Crippen LogP contribution in [0.4, 0.5) is 11.6 Å². The van der Waals surface area contributed by atoms with Crippen LogP contribution >= 0.6 is 23.1 Å². The van der Waals surface area contributed by atoms with Crippen molar-refractivity contribution in [2.24, 2.45) is 0 Å². The highest BCUT2D eigenvalue weighted by Crippen LogP contribution is 2.38. The number of thioether (sulfide) groups is 1. The Morgan fingerprint density at radius 3 is 1.86 bits per heavy atom. The van der Waals surface area contributed by atoms with Crippen LogP contribution in [0.2, 0.25) is 0 Å². The van der Waals surface area contributed by atoms with Crippen molar-refractivity contribution in [3.63, 3.8) is 0 Å². The van der Waals surface area contributed by atoms with Gasteiger partial charge in [0.2, 0.25) is 11.8 Å². The van der Waals surface area contributed by atoms with Crippen molar-refractivity contribution < 1.29 is 9.59 Å². The van der Waals surface area contributed by atoms with Crippen LogP contribution in [0.5, 0.6) is 0 Å². The quantitative estimate of drug-likeness (QED) is 0.160. The molecule has 0 aromatic carbocycles. The van der Waals surface area contributed by atoms with Crippen molar-refractivity contribution in [3.8, 4) is 22.8 Å². The third-order valence-corrected chi connectivity index (χ3v) is 12.1. The van der Waals surface area contributed by atoms with Crippen LogP contribution in [-0.2, 0) is 16.1 Å². The molecule has 2 amide bonds. The topological polar surface area (TPSA) is 146 Å². The molecule has 49 heavy (non-hydrogen) atoms. The number of nitrogens with one attached hydrogen (secondary N) is 2. The van der Waals surface area contributed by atoms with Crippen LogP contribution in [0, 0.1) is 50.4 Å². The Hall–Kier alpha value is -4.33. The van der Waals surface area contributed by atoms with Crippen molar-refractivity contribution in [2.75, 3.05) is 16.4 Å². The van der Waals surface area contributed by atoms with E-state index >= 15 is 0 Å². The molecule has 0 unspecified atom stereocenters. The summed E-state index contributed by atoms with van der Waals surface area (Å²) in [6, 6.07) is 8.97. The van der Waals surface area contributed by atoms with Crippen LogP contribution in [0.3, 0.4) is 0 Å². The molecule has 6 rings (SSSR count). The highest BCUT2D eigenvalue weighted by molar-refractivity contribution is 7.99. The van der Waals surface area contributed by atoms with Crippen LogP contribution in [-0.4, -0.2) is 41.5 Å². The Kier molecular flexibility index (Phi) is 10.6. The van der Waals surface area contributed by atoms with Gasteiger partial charge in [-0.2, -0.15) is 10.5 Å². The van der Waals surface area contributed by atoms with Gasteiger partial charge in [0.1, 0.15) is 30.3 Å². The second-order valence-corrected chi connectivity index (χ2v) is 15.1. The fourth-order valence-corrected chi connectivity index (χ4v) is 8.96. The second kappa shape index (κ2) is 15.1. The van der Waals surface area contributed by atoms with Crippen molar-refractivity contribution >= 4 is 46.5 Å². The minimum atomic E-state index is -0.301. The van der Waals surface area contributed by atoms with Gasteiger partial charge in [-0.05, 0) is 76.0 Å². The molecular weight excluding hydrogens is 655 g/mol. The summed E-state index contributed by atoms with van der Waals surface area (Å²) in [7, 11) is 0. The number of anilines is 2. The fourth-order valence-electron chi connectivity index (χ4n) is 7.50. The SMILES string of the molecule is Cc1c(C#N)c(NC(=O)CSc2nnc(-c3cccs3)n2CC(=O)Nc2c(C#N)c(C)c(C)n2C2CCCCC2)n(C2CCCCC2)c1C. The molecule has 11 nitrogen and oxygen atoms in total. The predicted octanol–water partition coefficient (Wildman–Crippen LogP) is 7.97. The van der Waals surface area contributed by atoms with Crippen LogP contribution in [0.25, 0.3) is 10.7 Å². The molecule has 4 aromatic rings. The van der Waals surface area contributed by atoms with Crippen molar-refractivity contribution in [1.82, 2.24) is 23.9 Å². The number of carbonyl (C=O) groups is 2. The normalized spacial score (nSPS) is 15.6. The first kappa shape index (κ1) is 34.5. The number of amides is 2. The molecule has 2 aliphatic carbocycles. The zero-order valence-corrected chi connectivity index (χ0v) is 30.3. The monoisotopic (exact) mass is 697 g/mol. The van der Waals surface area contributed by atoms with Gasteiger partial charge in [0.05, 0.1) is 21.8 Å². The third-order valence-electron chi connectivity index (χ3n) is 10.2. The van der Waals surface area contributed by atoms with Gasteiger partial charge in [-0.25, -0.2) is 0 Å². The molecule has 0 radical (unpaired) electrons. The number of hydrogen-bond donors (Lipinski definition) is 2. The highest BCUT2D eigenvalue weighted by Gasteiger charge is 2.28. The minimum Gasteiger partial charge on any atom is -0.327 e. The average molecular weight is 698 g/mol. The van der Waals surface area contributed by atoms with Crippen molar-refractivity contribution in [3.05, 3.63) is 51.2 Å². The van der Waals surface area contributed by atoms with Crippen LogP contribution in [0.15, 0.2) is 22.7 Å². The molecule has 256 valence electrons. The lowest BCUT2D eigenvalue weighted by atomic mass is 9.95. The minimum absolute atomic E-state index is 0.0184. The van der Waals surface area contributed by atoms with Gasteiger partial charge >= 0.3 is 0 Å². The summed E-state index contributed by atoms with van der Waals surface area (Å²) >= 11 is 2.69. The smallest absolute Gasteiger partial charge is 0.245 e.